The van der Waals surface area contributed by atoms with Gasteiger partial charge in [-0.2, -0.15) is 0 Å². The Bertz CT molecular complexity index is 2550. The first-order chi connectivity index (χ1) is 23.3. The van der Waals surface area contributed by atoms with Crippen LogP contribution in [0.4, 0.5) is 0 Å². The average Bonchev–Trinajstić information content (AvgIpc) is 3.15. The summed E-state index contributed by atoms with van der Waals surface area (Å²) < 4.78 is 1.98. The maximum absolute atomic E-state index is 14.4. The highest BCUT2D eigenvalue weighted by molar-refractivity contribution is 6.09. The second-order valence-corrected chi connectivity index (χ2v) is 12.8. The van der Waals surface area contributed by atoms with Crippen LogP contribution in [0, 0.1) is 0 Å². The zero-order valence-corrected chi connectivity index (χ0v) is 25.6. The normalized spacial score (nSPS) is 17.3. The van der Waals surface area contributed by atoms with Gasteiger partial charge >= 0.3 is 0 Å². The third kappa shape index (κ3) is 3.42. The smallest absolute Gasteiger partial charge is 0.263 e. The molecule has 0 saturated heterocycles. The van der Waals surface area contributed by atoms with E-state index in [4.69, 9.17) is 0 Å². The zero-order chi connectivity index (χ0) is 31.1. The minimum atomic E-state index is -0.612. The second-order valence-electron chi connectivity index (χ2n) is 12.8. The first kappa shape index (κ1) is 26.2. The second kappa shape index (κ2) is 9.75. The fraction of sp³-hybridized carbons (Fsp3) is 0.0444. The largest absolute Gasteiger partial charge is 0.276 e. The van der Waals surface area contributed by atoms with Gasteiger partial charge in [-0.05, 0) is 67.6 Å². The van der Waals surface area contributed by atoms with E-state index in [1.165, 1.54) is 38.9 Å². The van der Waals surface area contributed by atoms with Crippen LogP contribution >= 0.6 is 0 Å². The van der Waals surface area contributed by atoms with E-state index >= 15 is 0 Å². The van der Waals surface area contributed by atoms with Gasteiger partial charge in [-0.15, -0.1) is 0 Å². The lowest BCUT2D eigenvalue weighted by Crippen LogP contribution is -2.42. The van der Waals surface area contributed by atoms with E-state index in [1.54, 1.807) is 0 Å². The molecule has 0 radical (unpaired) electrons. The van der Waals surface area contributed by atoms with Crippen LogP contribution < -0.4 is 5.56 Å². The molecule has 10 rings (SSSR count). The van der Waals surface area contributed by atoms with Crippen LogP contribution in [0.5, 0.6) is 0 Å². The van der Waals surface area contributed by atoms with Crippen LogP contribution in [0.1, 0.15) is 44.9 Å². The van der Waals surface area contributed by atoms with Crippen LogP contribution in [-0.4, -0.2) is 4.57 Å². The zero-order valence-electron chi connectivity index (χ0n) is 25.6. The van der Waals surface area contributed by atoms with Crippen LogP contribution in [-0.2, 0) is 5.41 Å². The Kier molecular flexibility index (Phi) is 5.45. The van der Waals surface area contributed by atoms with E-state index in [1.807, 2.05) is 22.8 Å². The van der Waals surface area contributed by atoms with Crippen molar-refractivity contribution in [1.29, 1.82) is 0 Å². The Hall–Kier alpha value is -5.99. The van der Waals surface area contributed by atoms with E-state index in [-0.39, 0.29) is 11.5 Å². The molecule has 1 aliphatic heterocycles. The monoisotopic (exact) mass is 599 g/mol. The minimum Gasteiger partial charge on any atom is -0.276 e. The molecule has 47 heavy (non-hydrogen) atoms. The molecule has 8 aromatic rings. The predicted molar refractivity (Wildman–Crippen MR) is 192 cm³/mol. The first-order valence-corrected chi connectivity index (χ1v) is 16.3. The SMILES string of the molecule is O=c1c2ccccc2c2cccc3c2n1-c1ccccc1C31c2ccccc2C(c2ccc(-c3ccccc3)cc2)c2ccccc21. The van der Waals surface area contributed by atoms with Crippen molar-refractivity contribution in [2.75, 3.05) is 0 Å². The molecule has 0 saturated carbocycles. The minimum absolute atomic E-state index is 0.0246. The highest BCUT2D eigenvalue weighted by Gasteiger charge is 2.50. The molecular formula is C45H29NO. The number of para-hydroxylation sites is 2. The van der Waals surface area contributed by atoms with Gasteiger partial charge in [0.25, 0.3) is 5.56 Å². The molecule has 1 aliphatic carbocycles. The Morgan fingerprint density at radius 3 is 1.68 bits per heavy atom. The highest BCUT2D eigenvalue weighted by Crippen LogP contribution is 2.59. The molecule has 220 valence electrons. The Balaban J connectivity index is 1.32. The van der Waals surface area contributed by atoms with Gasteiger partial charge in [-0.25, -0.2) is 0 Å². The van der Waals surface area contributed by atoms with Crippen molar-refractivity contribution in [1.82, 2.24) is 4.57 Å². The summed E-state index contributed by atoms with van der Waals surface area (Å²) in [6, 6.07) is 60.8. The van der Waals surface area contributed by atoms with Crippen LogP contribution in [0.15, 0.2) is 175 Å². The Morgan fingerprint density at radius 2 is 0.957 bits per heavy atom. The van der Waals surface area contributed by atoms with E-state index < -0.39 is 5.41 Å². The highest BCUT2D eigenvalue weighted by atomic mass is 16.1. The lowest BCUT2D eigenvalue weighted by molar-refractivity contribution is 0.667. The van der Waals surface area contributed by atoms with Gasteiger partial charge in [-0.1, -0.05) is 158 Å². The van der Waals surface area contributed by atoms with Crippen LogP contribution in [0.2, 0.25) is 0 Å². The molecule has 0 N–H and O–H groups in total. The fourth-order valence-electron chi connectivity index (χ4n) is 8.72. The summed E-state index contributed by atoms with van der Waals surface area (Å²) >= 11 is 0. The molecule has 1 spiro atoms. The third-order valence-corrected chi connectivity index (χ3v) is 10.6. The van der Waals surface area contributed by atoms with Gasteiger partial charge in [0.2, 0.25) is 0 Å². The van der Waals surface area contributed by atoms with Crippen LogP contribution in [0.3, 0.4) is 0 Å². The fourth-order valence-corrected chi connectivity index (χ4v) is 8.72. The summed E-state index contributed by atoms with van der Waals surface area (Å²) in [6.07, 6.45) is 0. The average molecular weight is 600 g/mol. The topological polar surface area (TPSA) is 22.0 Å². The molecule has 2 nitrogen and oxygen atoms in total. The molecule has 0 fully saturated rings. The van der Waals surface area contributed by atoms with E-state index in [9.17, 15) is 4.79 Å². The quantitative estimate of drug-likeness (QED) is 0.181. The Morgan fingerprint density at radius 1 is 0.426 bits per heavy atom. The van der Waals surface area contributed by atoms with Gasteiger partial charge in [0.05, 0.1) is 16.6 Å². The molecule has 1 aromatic heterocycles. The number of rotatable bonds is 2. The van der Waals surface area contributed by atoms with Crippen LogP contribution in [0.25, 0.3) is 38.5 Å². The summed E-state index contributed by atoms with van der Waals surface area (Å²) in [4.78, 5) is 14.4. The molecule has 2 aliphatic rings. The summed E-state index contributed by atoms with van der Waals surface area (Å²) in [5, 5.41) is 2.83. The van der Waals surface area contributed by atoms with Crippen molar-refractivity contribution in [3.05, 3.63) is 219 Å². The number of nitrogens with zero attached hydrogens (tertiary/aromatic N) is 1. The number of hydrogen-bond acceptors (Lipinski definition) is 1. The molecular weight excluding hydrogens is 571 g/mol. The maximum atomic E-state index is 14.4. The summed E-state index contributed by atoms with van der Waals surface area (Å²) in [5.74, 6) is 0.0601. The molecule has 0 amide bonds. The van der Waals surface area contributed by atoms with E-state index in [0.29, 0.717) is 0 Å². The number of aromatic nitrogens is 1. The predicted octanol–water partition coefficient (Wildman–Crippen LogP) is 10.0. The van der Waals surface area contributed by atoms with Gasteiger partial charge in [0.1, 0.15) is 0 Å². The van der Waals surface area contributed by atoms with E-state index in [2.05, 4.69) is 152 Å². The molecule has 0 bridgehead atoms. The van der Waals surface area contributed by atoms with Crippen molar-refractivity contribution in [3.8, 4) is 16.8 Å². The molecule has 0 atom stereocenters. The van der Waals surface area contributed by atoms with Crippen molar-refractivity contribution >= 4 is 21.7 Å². The summed E-state index contributed by atoms with van der Waals surface area (Å²) in [7, 11) is 0. The molecule has 7 aromatic carbocycles. The van der Waals surface area contributed by atoms with Crippen molar-refractivity contribution in [3.63, 3.8) is 0 Å². The molecule has 0 unspecified atom stereocenters. The maximum Gasteiger partial charge on any atom is 0.263 e. The van der Waals surface area contributed by atoms with Crippen molar-refractivity contribution < 1.29 is 0 Å². The summed E-state index contributed by atoms with van der Waals surface area (Å²) in [6.45, 7) is 0. The first-order valence-electron chi connectivity index (χ1n) is 16.3. The lowest BCUT2D eigenvalue weighted by Gasteiger charge is -2.48. The van der Waals surface area contributed by atoms with Gasteiger partial charge in [0, 0.05) is 16.7 Å². The molecule has 2 heterocycles. The van der Waals surface area contributed by atoms with Gasteiger partial charge in [0.15, 0.2) is 0 Å². The van der Waals surface area contributed by atoms with Gasteiger partial charge < -0.3 is 0 Å². The van der Waals surface area contributed by atoms with E-state index in [0.717, 1.165) is 38.5 Å². The third-order valence-electron chi connectivity index (χ3n) is 10.6. The number of benzene rings is 7. The summed E-state index contributed by atoms with van der Waals surface area (Å²) in [5.41, 5.74) is 12.5. The Labute approximate surface area is 272 Å². The van der Waals surface area contributed by atoms with Crippen molar-refractivity contribution in [2.24, 2.45) is 0 Å². The number of hydrogen-bond donors (Lipinski definition) is 0. The number of fused-ring (bicyclic) bond motifs is 10. The number of pyridine rings is 1. The van der Waals surface area contributed by atoms with Gasteiger partial charge in [-0.3, -0.25) is 9.36 Å². The lowest BCUT2D eigenvalue weighted by atomic mass is 9.55. The van der Waals surface area contributed by atoms with Crippen molar-refractivity contribution in [2.45, 2.75) is 11.3 Å². The standard InChI is InChI=1S/C45H29NO/c47-44-34-16-5-4-15-32(34)33-19-12-23-40-43(33)46(44)41-24-11-10-22-39(41)45(40)37-20-8-6-17-35(37)42(36-18-7-9-21-38(36)45)31-27-25-30(26-28-31)29-13-2-1-3-14-29/h1-28,42H. The molecule has 2 heteroatoms.